The van der Waals surface area contributed by atoms with E-state index in [1.54, 1.807) is 0 Å². The summed E-state index contributed by atoms with van der Waals surface area (Å²) in [5.74, 6) is 5.90. The topological polar surface area (TPSA) is 25.2 Å². The number of rotatable bonds is 2. The van der Waals surface area contributed by atoms with Crippen LogP contribution in [0.4, 0.5) is 0 Å². The molecule has 1 aromatic carbocycles. The van der Waals surface area contributed by atoms with E-state index in [1.165, 1.54) is 0 Å². The van der Waals surface area contributed by atoms with E-state index in [-0.39, 0.29) is 6.61 Å². The van der Waals surface area contributed by atoms with Crippen molar-refractivity contribution in [3.63, 3.8) is 0 Å². The molecule has 1 heterocycles. The van der Waals surface area contributed by atoms with E-state index >= 15 is 0 Å². The van der Waals surface area contributed by atoms with E-state index < -0.39 is 0 Å². The Morgan fingerprint density at radius 2 is 2.13 bits per heavy atom. The second-order valence-corrected chi connectivity index (χ2v) is 3.38. The molecule has 1 aromatic heterocycles. The first-order valence-electron chi connectivity index (χ1n) is 4.94. The molecule has 0 aliphatic heterocycles. The fourth-order valence-electron chi connectivity index (χ4n) is 1.74. The summed E-state index contributed by atoms with van der Waals surface area (Å²) in [5, 5.41) is 10.3. The average Bonchev–Trinajstić information content (AvgIpc) is 2.65. The normalized spacial score (nSPS) is 10.0. The van der Waals surface area contributed by atoms with Gasteiger partial charge < -0.3 is 9.67 Å². The monoisotopic (exact) mass is 199 g/mol. The van der Waals surface area contributed by atoms with Crippen molar-refractivity contribution in [2.45, 2.75) is 20.1 Å². The van der Waals surface area contributed by atoms with Gasteiger partial charge in [-0.15, -0.1) is 5.92 Å². The summed E-state index contributed by atoms with van der Waals surface area (Å²) in [4.78, 5) is 0. The maximum Gasteiger partial charge on any atom is 0.0837 e. The lowest BCUT2D eigenvalue weighted by molar-refractivity contribution is 0.283. The molecule has 0 aliphatic rings. The highest BCUT2D eigenvalue weighted by Crippen LogP contribution is 2.20. The number of nitrogens with zero attached hydrogens (tertiary/aromatic N) is 1. The van der Waals surface area contributed by atoms with Gasteiger partial charge in [0.15, 0.2) is 0 Å². The van der Waals surface area contributed by atoms with E-state index in [0.29, 0.717) is 6.54 Å². The fourth-order valence-corrected chi connectivity index (χ4v) is 1.74. The third-order valence-electron chi connectivity index (χ3n) is 2.47. The molecule has 0 atom stereocenters. The summed E-state index contributed by atoms with van der Waals surface area (Å²) in [6, 6.07) is 8.05. The van der Waals surface area contributed by atoms with Crippen molar-refractivity contribution in [1.82, 2.24) is 4.57 Å². The number of aliphatic hydroxyl groups is 1. The minimum Gasteiger partial charge on any atom is -0.392 e. The van der Waals surface area contributed by atoms with Crippen molar-refractivity contribution in [3.8, 4) is 11.8 Å². The van der Waals surface area contributed by atoms with Crippen molar-refractivity contribution in [3.05, 3.63) is 36.0 Å². The van der Waals surface area contributed by atoms with Crippen molar-refractivity contribution in [1.29, 1.82) is 0 Å². The van der Waals surface area contributed by atoms with Crippen LogP contribution in [0.15, 0.2) is 30.5 Å². The molecule has 2 heteroatoms. The summed E-state index contributed by atoms with van der Waals surface area (Å²) in [6.45, 7) is 2.59. The minimum atomic E-state index is 0.0765. The first kappa shape index (κ1) is 9.82. The van der Waals surface area contributed by atoms with Gasteiger partial charge in [0.1, 0.15) is 0 Å². The third-order valence-corrected chi connectivity index (χ3v) is 2.47. The summed E-state index contributed by atoms with van der Waals surface area (Å²) < 4.78 is 2.07. The molecule has 0 saturated heterocycles. The highest BCUT2D eigenvalue weighted by atomic mass is 16.3. The molecule has 15 heavy (non-hydrogen) atoms. The van der Waals surface area contributed by atoms with E-state index in [4.69, 9.17) is 0 Å². The summed E-state index contributed by atoms with van der Waals surface area (Å²) in [5.41, 5.74) is 2.09. The number of para-hydroxylation sites is 1. The summed E-state index contributed by atoms with van der Waals surface area (Å²) in [7, 11) is 0. The van der Waals surface area contributed by atoms with E-state index in [1.807, 2.05) is 37.4 Å². The molecule has 2 rings (SSSR count). The Morgan fingerprint density at radius 3 is 2.87 bits per heavy atom. The van der Waals surface area contributed by atoms with Crippen LogP contribution in [0.25, 0.3) is 10.9 Å². The number of fused-ring (bicyclic) bond motifs is 1. The second kappa shape index (κ2) is 4.20. The number of hydrogen-bond donors (Lipinski definition) is 1. The van der Waals surface area contributed by atoms with Crippen LogP contribution in [0.3, 0.4) is 0 Å². The molecular formula is C13H13NO. The van der Waals surface area contributed by atoms with Crippen LogP contribution in [-0.4, -0.2) is 9.67 Å². The lowest BCUT2D eigenvalue weighted by Crippen LogP contribution is -1.92. The Balaban J connectivity index is 2.57. The lowest BCUT2D eigenvalue weighted by atomic mass is 10.2. The first-order valence-corrected chi connectivity index (χ1v) is 4.94. The van der Waals surface area contributed by atoms with E-state index in [0.717, 1.165) is 16.5 Å². The van der Waals surface area contributed by atoms with Crippen molar-refractivity contribution in [2.75, 3.05) is 0 Å². The van der Waals surface area contributed by atoms with Crippen molar-refractivity contribution < 1.29 is 5.11 Å². The number of aliphatic hydroxyl groups excluding tert-OH is 1. The standard InChI is InChI=1S/C13H13NO/c1-2-3-8-14-9-11(10-15)12-6-4-5-7-13(12)14/h4-7,9,15H,8,10H2,1H3. The molecule has 0 saturated carbocycles. The molecule has 0 aliphatic carbocycles. The zero-order chi connectivity index (χ0) is 10.7. The highest BCUT2D eigenvalue weighted by Gasteiger charge is 2.05. The first-order chi connectivity index (χ1) is 7.36. The van der Waals surface area contributed by atoms with E-state index in [9.17, 15) is 5.11 Å². The van der Waals surface area contributed by atoms with Gasteiger partial charge in [0.05, 0.1) is 13.2 Å². The molecule has 1 N–H and O–H groups in total. The fraction of sp³-hybridized carbons (Fsp3) is 0.231. The van der Waals surface area contributed by atoms with Crippen LogP contribution in [0, 0.1) is 11.8 Å². The third kappa shape index (κ3) is 1.74. The van der Waals surface area contributed by atoms with Gasteiger partial charge in [-0.2, -0.15) is 0 Å². The molecule has 76 valence electrons. The van der Waals surface area contributed by atoms with Crippen LogP contribution >= 0.6 is 0 Å². The van der Waals surface area contributed by atoms with Crippen molar-refractivity contribution >= 4 is 10.9 Å². The maximum atomic E-state index is 9.23. The molecule has 2 nitrogen and oxygen atoms in total. The van der Waals surface area contributed by atoms with Gasteiger partial charge in [0.25, 0.3) is 0 Å². The average molecular weight is 199 g/mol. The summed E-state index contributed by atoms with van der Waals surface area (Å²) in [6.07, 6.45) is 1.97. The van der Waals surface area contributed by atoms with Crippen LogP contribution in [-0.2, 0) is 13.2 Å². The Kier molecular flexibility index (Phi) is 2.75. The highest BCUT2D eigenvalue weighted by molar-refractivity contribution is 5.83. The van der Waals surface area contributed by atoms with Gasteiger partial charge >= 0.3 is 0 Å². The van der Waals surface area contributed by atoms with Gasteiger partial charge in [0, 0.05) is 22.7 Å². The largest absolute Gasteiger partial charge is 0.392 e. The molecule has 0 fully saturated rings. The molecule has 0 amide bonds. The van der Waals surface area contributed by atoms with Gasteiger partial charge in [-0.3, -0.25) is 0 Å². The van der Waals surface area contributed by atoms with Crippen LogP contribution in [0.5, 0.6) is 0 Å². The Morgan fingerprint density at radius 1 is 1.33 bits per heavy atom. The maximum absolute atomic E-state index is 9.23. The lowest BCUT2D eigenvalue weighted by Gasteiger charge is -1.97. The molecule has 0 unspecified atom stereocenters. The molecule has 0 spiro atoms. The number of benzene rings is 1. The van der Waals surface area contributed by atoms with Gasteiger partial charge in [-0.05, 0) is 13.0 Å². The zero-order valence-corrected chi connectivity index (χ0v) is 8.70. The predicted molar refractivity (Wildman–Crippen MR) is 61.3 cm³/mol. The van der Waals surface area contributed by atoms with Crippen molar-refractivity contribution in [2.24, 2.45) is 0 Å². The molecule has 0 radical (unpaired) electrons. The smallest absolute Gasteiger partial charge is 0.0837 e. The number of aromatic nitrogens is 1. The number of hydrogen-bond acceptors (Lipinski definition) is 1. The molecule has 2 aromatic rings. The second-order valence-electron chi connectivity index (χ2n) is 3.38. The van der Waals surface area contributed by atoms with Gasteiger partial charge in [0.2, 0.25) is 0 Å². The Hall–Kier alpha value is -1.72. The molecular weight excluding hydrogens is 186 g/mol. The minimum absolute atomic E-state index is 0.0765. The Bertz CT molecular complexity index is 528. The zero-order valence-electron chi connectivity index (χ0n) is 8.70. The Labute approximate surface area is 89.2 Å². The van der Waals surface area contributed by atoms with Gasteiger partial charge in [-0.25, -0.2) is 0 Å². The SMILES string of the molecule is CC#CCn1cc(CO)c2ccccc21. The summed E-state index contributed by atoms with van der Waals surface area (Å²) >= 11 is 0. The predicted octanol–water partition coefficient (Wildman–Crippen LogP) is 2.16. The van der Waals surface area contributed by atoms with Crippen LogP contribution in [0.1, 0.15) is 12.5 Å². The molecule has 0 bridgehead atoms. The van der Waals surface area contributed by atoms with Crippen LogP contribution in [0.2, 0.25) is 0 Å². The van der Waals surface area contributed by atoms with Crippen LogP contribution < -0.4 is 0 Å². The van der Waals surface area contributed by atoms with E-state index in [2.05, 4.69) is 16.4 Å². The quantitative estimate of drug-likeness (QED) is 0.737. The van der Waals surface area contributed by atoms with Gasteiger partial charge in [-0.1, -0.05) is 24.1 Å².